The largest absolute Gasteiger partial charge is 0.327 e. The van der Waals surface area contributed by atoms with Gasteiger partial charge in [0.1, 0.15) is 0 Å². The van der Waals surface area contributed by atoms with Crippen LogP contribution in [-0.2, 0) is 0 Å². The molecule has 0 aromatic carbocycles. The first-order valence-electron chi connectivity index (χ1n) is 4.29. The van der Waals surface area contributed by atoms with E-state index in [9.17, 15) is 0 Å². The molecule has 1 nitrogen and oxygen atoms in total. The van der Waals surface area contributed by atoms with Crippen LogP contribution in [0.15, 0.2) is 11.6 Å². The van der Waals surface area contributed by atoms with E-state index in [1.807, 2.05) is 0 Å². The van der Waals surface area contributed by atoms with E-state index in [1.165, 1.54) is 25.7 Å². The molecule has 0 aromatic heterocycles. The van der Waals surface area contributed by atoms with Crippen molar-refractivity contribution in [3.63, 3.8) is 0 Å². The van der Waals surface area contributed by atoms with Crippen LogP contribution >= 0.6 is 0 Å². The Hall–Kier alpha value is -0.300. The molecule has 2 atom stereocenters. The lowest BCUT2D eigenvalue weighted by molar-refractivity contribution is 0.560. The van der Waals surface area contributed by atoms with Crippen LogP contribution < -0.4 is 5.73 Å². The molecule has 2 saturated carbocycles. The van der Waals surface area contributed by atoms with Gasteiger partial charge in [-0.2, -0.15) is 0 Å². The molecule has 0 heterocycles. The summed E-state index contributed by atoms with van der Waals surface area (Å²) in [6.45, 7) is 0.749. The van der Waals surface area contributed by atoms with Crippen molar-refractivity contribution in [3.05, 3.63) is 11.6 Å². The van der Waals surface area contributed by atoms with Gasteiger partial charge in [-0.1, -0.05) is 11.6 Å². The summed E-state index contributed by atoms with van der Waals surface area (Å²) < 4.78 is 0. The van der Waals surface area contributed by atoms with E-state index in [0.29, 0.717) is 0 Å². The van der Waals surface area contributed by atoms with Crippen molar-refractivity contribution in [2.24, 2.45) is 17.6 Å². The Bertz CT molecular complexity index is 160. The van der Waals surface area contributed by atoms with Gasteiger partial charge in [-0.05, 0) is 37.5 Å². The van der Waals surface area contributed by atoms with Crippen LogP contribution in [0.4, 0.5) is 0 Å². The monoisotopic (exact) mass is 137 g/mol. The van der Waals surface area contributed by atoms with Gasteiger partial charge >= 0.3 is 0 Å². The van der Waals surface area contributed by atoms with Crippen molar-refractivity contribution >= 4 is 0 Å². The molecular weight excluding hydrogens is 122 g/mol. The van der Waals surface area contributed by atoms with Crippen LogP contribution in [0.2, 0.25) is 0 Å². The fourth-order valence-electron chi connectivity index (χ4n) is 2.50. The molecule has 0 spiro atoms. The zero-order valence-electron chi connectivity index (χ0n) is 6.34. The number of allylic oxidation sites excluding steroid dienone is 1. The lowest BCUT2D eigenvalue weighted by atomic mass is 9.95. The third kappa shape index (κ3) is 0.891. The molecule has 56 valence electrons. The van der Waals surface area contributed by atoms with Crippen molar-refractivity contribution in [2.75, 3.05) is 6.54 Å². The van der Waals surface area contributed by atoms with Gasteiger partial charge in [0.15, 0.2) is 0 Å². The van der Waals surface area contributed by atoms with Crippen molar-refractivity contribution < 1.29 is 0 Å². The highest BCUT2D eigenvalue weighted by atomic mass is 14.5. The molecule has 0 radical (unpaired) electrons. The summed E-state index contributed by atoms with van der Waals surface area (Å²) in [5.74, 6) is 1.97. The molecule has 2 rings (SSSR count). The number of fused-ring (bicyclic) bond motifs is 2. The average molecular weight is 137 g/mol. The summed E-state index contributed by atoms with van der Waals surface area (Å²) in [6.07, 6.45) is 7.99. The standard InChI is InChI=1S/C9H15N/c10-4-3-9-6-7-1-2-8(9)5-7/h3,7-8H,1-2,4-6,10H2/b9-3-. The van der Waals surface area contributed by atoms with Gasteiger partial charge in [-0.15, -0.1) is 0 Å². The van der Waals surface area contributed by atoms with Crippen LogP contribution in [0.5, 0.6) is 0 Å². The van der Waals surface area contributed by atoms with Gasteiger partial charge in [0.2, 0.25) is 0 Å². The Morgan fingerprint density at radius 2 is 2.40 bits per heavy atom. The van der Waals surface area contributed by atoms with E-state index in [0.717, 1.165) is 18.4 Å². The second-order valence-corrected chi connectivity index (χ2v) is 3.59. The van der Waals surface area contributed by atoms with Gasteiger partial charge in [-0.3, -0.25) is 0 Å². The van der Waals surface area contributed by atoms with Crippen LogP contribution in [0.3, 0.4) is 0 Å². The fraction of sp³-hybridized carbons (Fsp3) is 0.778. The minimum Gasteiger partial charge on any atom is -0.327 e. The molecule has 2 bridgehead atoms. The van der Waals surface area contributed by atoms with Crippen LogP contribution in [-0.4, -0.2) is 6.54 Å². The predicted molar refractivity (Wildman–Crippen MR) is 42.6 cm³/mol. The summed E-state index contributed by atoms with van der Waals surface area (Å²) in [5.41, 5.74) is 7.13. The van der Waals surface area contributed by atoms with Crippen molar-refractivity contribution in [1.82, 2.24) is 0 Å². The maximum Gasteiger partial charge on any atom is 0.0109 e. The normalized spacial score (nSPS) is 41.5. The molecule has 2 unspecified atom stereocenters. The molecule has 2 aliphatic rings. The molecule has 0 aromatic rings. The van der Waals surface area contributed by atoms with E-state index in [-0.39, 0.29) is 0 Å². The lowest BCUT2D eigenvalue weighted by Gasteiger charge is -2.12. The number of rotatable bonds is 1. The lowest BCUT2D eigenvalue weighted by Crippen LogP contribution is -2.02. The molecule has 2 aliphatic carbocycles. The fourth-order valence-corrected chi connectivity index (χ4v) is 2.50. The minimum atomic E-state index is 0.749. The maximum absolute atomic E-state index is 5.46. The van der Waals surface area contributed by atoms with Crippen LogP contribution in [0.25, 0.3) is 0 Å². The van der Waals surface area contributed by atoms with Crippen molar-refractivity contribution in [1.29, 1.82) is 0 Å². The zero-order valence-corrected chi connectivity index (χ0v) is 6.34. The Morgan fingerprint density at radius 3 is 2.90 bits per heavy atom. The molecule has 2 fully saturated rings. The summed E-state index contributed by atoms with van der Waals surface area (Å²) in [7, 11) is 0. The predicted octanol–water partition coefficient (Wildman–Crippen LogP) is 1.69. The molecular formula is C9H15N. The third-order valence-electron chi connectivity index (χ3n) is 2.97. The van der Waals surface area contributed by atoms with Gasteiger partial charge in [0.05, 0.1) is 0 Å². The average Bonchev–Trinajstić information content (AvgIpc) is 2.48. The molecule has 0 amide bonds. The highest BCUT2D eigenvalue weighted by Crippen LogP contribution is 2.47. The number of nitrogens with two attached hydrogens (primary N) is 1. The van der Waals surface area contributed by atoms with Gasteiger partial charge in [-0.25, -0.2) is 0 Å². The highest BCUT2D eigenvalue weighted by Gasteiger charge is 2.34. The molecule has 1 heteroatoms. The van der Waals surface area contributed by atoms with Gasteiger partial charge < -0.3 is 5.73 Å². The van der Waals surface area contributed by atoms with Crippen LogP contribution in [0, 0.1) is 11.8 Å². The first-order valence-corrected chi connectivity index (χ1v) is 4.29. The molecule has 2 N–H and O–H groups in total. The second kappa shape index (κ2) is 2.39. The van der Waals surface area contributed by atoms with Crippen LogP contribution in [0.1, 0.15) is 25.7 Å². The first-order chi connectivity index (χ1) is 4.90. The van der Waals surface area contributed by atoms with E-state index in [4.69, 9.17) is 5.73 Å². The zero-order chi connectivity index (χ0) is 6.97. The topological polar surface area (TPSA) is 26.0 Å². The Balaban J connectivity index is 2.08. The Morgan fingerprint density at radius 1 is 1.50 bits per heavy atom. The molecule has 0 aliphatic heterocycles. The van der Waals surface area contributed by atoms with E-state index >= 15 is 0 Å². The molecule has 10 heavy (non-hydrogen) atoms. The Labute approximate surface area is 62.3 Å². The number of hydrogen-bond donors (Lipinski definition) is 1. The quantitative estimate of drug-likeness (QED) is 0.547. The summed E-state index contributed by atoms with van der Waals surface area (Å²) in [6, 6.07) is 0. The van der Waals surface area contributed by atoms with Crippen molar-refractivity contribution in [3.8, 4) is 0 Å². The SMILES string of the molecule is NC/C=C1/CC2CCC1C2. The van der Waals surface area contributed by atoms with E-state index in [1.54, 1.807) is 5.57 Å². The minimum absolute atomic E-state index is 0.749. The second-order valence-electron chi connectivity index (χ2n) is 3.59. The number of hydrogen-bond acceptors (Lipinski definition) is 1. The summed E-state index contributed by atoms with van der Waals surface area (Å²) in [5, 5.41) is 0. The first kappa shape index (κ1) is 6.41. The van der Waals surface area contributed by atoms with Gasteiger partial charge in [0.25, 0.3) is 0 Å². The third-order valence-corrected chi connectivity index (χ3v) is 2.97. The smallest absolute Gasteiger partial charge is 0.0109 e. The maximum atomic E-state index is 5.46. The van der Waals surface area contributed by atoms with Gasteiger partial charge in [0, 0.05) is 6.54 Å². The Kier molecular flexibility index (Phi) is 1.53. The van der Waals surface area contributed by atoms with E-state index in [2.05, 4.69) is 6.08 Å². The summed E-state index contributed by atoms with van der Waals surface area (Å²) in [4.78, 5) is 0. The summed E-state index contributed by atoms with van der Waals surface area (Å²) >= 11 is 0. The van der Waals surface area contributed by atoms with E-state index < -0.39 is 0 Å². The highest BCUT2D eigenvalue weighted by molar-refractivity contribution is 5.16. The van der Waals surface area contributed by atoms with Crippen molar-refractivity contribution in [2.45, 2.75) is 25.7 Å². The molecule has 0 saturated heterocycles.